The van der Waals surface area contributed by atoms with Crippen LogP contribution in [0.2, 0.25) is 0 Å². The van der Waals surface area contributed by atoms with Gasteiger partial charge in [0.1, 0.15) is 0 Å². The third-order valence-corrected chi connectivity index (χ3v) is 13.1. The van der Waals surface area contributed by atoms with Gasteiger partial charge in [-0.15, -0.1) is 22.5 Å². The highest BCUT2D eigenvalue weighted by Gasteiger charge is 2.50. The van der Waals surface area contributed by atoms with Gasteiger partial charge in [-0.25, -0.2) is 0 Å². The van der Waals surface area contributed by atoms with Crippen LogP contribution in [0.5, 0.6) is 0 Å². The van der Waals surface area contributed by atoms with Gasteiger partial charge in [0.15, 0.2) is 0 Å². The van der Waals surface area contributed by atoms with E-state index in [2.05, 4.69) is 138 Å². The van der Waals surface area contributed by atoms with Crippen molar-refractivity contribution in [2.75, 3.05) is 9.80 Å². The molecule has 0 bridgehead atoms. The zero-order valence-electron chi connectivity index (χ0n) is 25.6. The second-order valence-electron chi connectivity index (χ2n) is 12.3. The van der Waals surface area contributed by atoms with Crippen molar-refractivity contribution >= 4 is 29.8 Å². The number of benzene rings is 2. The number of hydrogen-bond acceptors (Lipinski definition) is 2. The van der Waals surface area contributed by atoms with Crippen molar-refractivity contribution in [2.45, 2.75) is 79.1 Å². The van der Waals surface area contributed by atoms with E-state index in [9.17, 15) is 0 Å². The Morgan fingerprint density at radius 1 is 0.634 bits per heavy atom. The summed E-state index contributed by atoms with van der Waals surface area (Å²) in [6, 6.07) is 13.4. The summed E-state index contributed by atoms with van der Waals surface area (Å²) in [6.07, 6.45) is 14.5. The van der Waals surface area contributed by atoms with Crippen LogP contribution in [0.3, 0.4) is 0 Å². The van der Waals surface area contributed by atoms with Gasteiger partial charge in [-0.1, -0.05) is 116 Å². The highest BCUT2D eigenvalue weighted by atomic mass is 35.6. The summed E-state index contributed by atoms with van der Waals surface area (Å²) in [5.74, 6) is 1.38. The maximum atomic E-state index is 8.04. The Bertz CT molecular complexity index is 1480. The van der Waals surface area contributed by atoms with Crippen molar-refractivity contribution in [3.63, 3.8) is 0 Å². The Balaban J connectivity index is 1.83. The topological polar surface area (TPSA) is 6.48 Å². The van der Waals surface area contributed by atoms with Crippen molar-refractivity contribution in [3.05, 3.63) is 135 Å². The predicted octanol–water partition coefficient (Wildman–Crippen LogP) is 10.4. The van der Waals surface area contributed by atoms with Crippen LogP contribution in [0.15, 0.2) is 106 Å². The van der Waals surface area contributed by atoms with Crippen molar-refractivity contribution in [1.82, 2.24) is 0 Å². The van der Waals surface area contributed by atoms with Crippen LogP contribution in [0.1, 0.15) is 101 Å². The second kappa shape index (κ2) is 11.6. The number of nitrogens with zero attached hydrogens (tertiary/aromatic N) is 2. The lowest BCUT2D eigenvalue weighted by atomic mass is 9.91. The van der Waals surface area contributed by atoms with Crippen molar-refractivity contribution in [3.8, 4) is 0 Å². The molecule has 3 aliphatic rings. The maximum Gasteiger partial charge on any atom is 0.281 e. The number of hydrogen-bond donors (Lipinski definition) is 0. The summed E-state index contributed by atoms with van der Waals surface area (Å²) in [4.78, 5) is 4.53. The molecule has 41 heavy (non-hydrogen) atoms. The van der Waals surface area contributed by atoms with Gasteiger partial charge in [0, 0.05) is 16.6 Å². The van der Waals surface area contributed by atoms with E-state index in [1.54, 1.807) is 0 Å². The largest absolute Gasteiger partial charge is 0.315 e. The Kier molecular flexibility index (Phi) is 8.28. The lowest BCUT2D eigenvalue weighted by Gasteiger charge is -2.35. The Labute approximate surface area is 253 Å². The van der Waals surface area contributed by atoms with Crippen LogP contribution in [-0.4, -0.2) is 7.38 Å². The van der Waals surface area contributed by atoms with Gasteiger partial charge in [-0.3, -0.25) is 0 Å². The lowest BCUT2D eigenvalue weighted by molar-refractivity contribution is 0.818. The third-order valence-electron chi connectivity index (χ3n) is 8.14. The van der Waals surface area contributed by atoms with Crippen LogP contribution in [0.25, 0.3) is 0 Å². The first kappa shape index (κ1) is 29.3. The van der Waals surface area contributed by atoms with Gasteiger partial charge >= 0.3 is 0 Å². The molecule has 0 atom stereocenters. The molecule has 0 N–H and O–H groups in total. The standard InChI is InChI=1S/C37H41ClN2Si/c1-25(2)31-19-13-20-32(26(3)4)36(31)39-23-35(41(38,29-15-9-10-16-29)30-17-11-12-18-30)40(24-39)37-33(27(5)6)21-14-22-34(37)28(7)8/h9-15,17,19-23,25-28H,1-8H3. The molecule has 0 aromatic heterocycles. The fourth-order valence-electron chi connectivity index (χ4n) is 5.97. The average Bonchev–Trinajstić information content (AvgIpc) is 3.74. The molecule has 0 fully saturated rings. The quantitative estimate of drug-likeness (QED) is 0.166. The highest BCUT2D eigenvalue weighted by molar-refractivity contribution is 7.32. The van der Waals surface area contributed by atoms with Crippen molar-refractivity contribution in [2.24, 2.45) is 0 Å². The molecule has 2 aromatic carbocycles. The van der Waals surface area contributed by atoms with Crippen molar-refractivity contribution < 1.29 is 0 Å². The minimum atomic E-state index is -3.05. The molecule has 0 spiro atoms. The van der Waals surface area contributed by atoms with Gasteiger partial charge in [-0.2, -0.15) is 0 Å². The third kappa shape index (κ3) is 5.18. The van der Waals surface area contributed by atoms with Gasteiger partial charge in [0.05, 0.1) is 16.7 Å². The molecule has 2 aliphatic carbocycles. The summed E-state index contributed by atoms with van der Waals surface area (Å²) >= 11 is 8.04. The molecule has 5 rings (SSSR count). The summed E-state index contributed by atoms with van der Waals surface area (Å²) in [5, 5.41) is 3.14. The normalized spacial score (nSPS) is 16.4. The molecule has 2 nitrogen and oxygen atoms in total. The van der Waals surface area contributed by atoms with Crippen LogP contribution < -0.4 is 9.80 Å². The average molecular weight is 577 g/mol. The van der Waals surface area contributed by atoms with E-state index >= 15 is 0 Å². The molecule has 210 valence electrons. The van der Waals surface area contributed by atoms with Gasteiger partial charge in [0.2, 0.25) is 6.67 Å². The molecule has 0 amide bonds. The molecular formula is C37H41ClN2Si. The van der Waals surface area contributed by atoms with E-state index in [0.29, 0.717) is 23.7 Å². The number of allylic oxidation sites excluding steroid dienone is 6. The second-order valence-corrected chi connectivity index (χ2v) is 16.9. The molecule has 4 heteroatoms. The zero-order valence-corrected chi connectivity index (χ0v) is 27.3. The van der Waals surface area contributed by atoms with Gasteiger partial charge in [0.25, 0.3) is 7.38 Å². The molecule has 0 saturated heterocycles. The summed E-state index contributed by atoms with van der Waals surface area (Å²) in [7, 11) is -3.05. The molecule has 1 aliphatic heterocycles. The minimum absolute atomic E-state index is 0.331. The van der Waals surface area contributed by atoms with E-state index in [0.717, 1.165) is 15.7 Å². The van der Waals surface area contributed by atoms with Crippen LogP contribution in [-0.2, 0) is 0 Å². The number of anilines is 2. The van der Waals surface area contributed by atoms with E-state index in [-0.39, 0.29) is 0 Å². The Morgan fingerprint density at radius 2 is 1.05 bits per heavy atom. The highest BCUT2D eigenvalue weighted by Crippen LogP contribution is 2.49. The van der Waals surface area contributed by atoms with Crippen LogP contribution >= 0.6 is 11.1 Å². The molecule has 0 unspecified atom stereocenters. The fourth-order valence-corrected chi connectivity index (χ4v) is 9.91. The summed E-state index contributed by atoms with van der Waals surface area (Å²) in [6.45, 7) is 22.0. The first-order valence-electron chi connectivity index (χ1n) is 14.9. The molecule has 0 saturated carbocycles. The fraction of sp³-hybridized carbons (Fsp3) is 0.324. The molecule has 2 aromatic rings. The van der Waals surface area contributed by atoms with Crippen LogP contribution in [0, 0.1) is 6.67 Å². The first-order chi connectivity index (χ1) is 19.6. The molecular weight excluding hydrogens is 536 g/mol. The minimum Gasteiger partial charge on any atom is -0.315 e. The Morgan fingerprint density at radius 3 is 1.41 bits per heavy atom. The zero-order chi connectivity index (χ0) is 29.5. The van der Waals surface area contributed by atoms with Crippen LogP contribution in [0.4, 0.5) is 11.4 Å². The number of rotatable bonds is 9. The predicted molar refractivity (Wildman–Crippen MR) is 179 cm³/mol. The van der Waals surface area contributed by atoms with Gasteiger partial charge in [-0.05, 0) is 58.1 Å². The number of para-hydroxylation sites is 2. The smallest absolute Gasteiger partial charge is 0.281 e. The monoisotopic (exact) mass is 576 g/mol. The molecule has 1 heterocycles. The van der Waals surface area contributed by atoms with Gasteiger partial charge < -0.3 is 9.80 Å². The van der Waals surface area contributed by atoms with Crippen molar-refractivity contribution in [1.29, 1.82) is 0 Å². The van der Waals surface area contributed by atoms with E-state index < -0.39 is 7.38 Å². The van der Waals surface area contributed by atoms with E-state index in [1.165, 1.54) is 33.6 Å². The Hall–Kier alpha value is -3.19. The SMILES string of the molecule is CC(C)c1cccc(C(C)C)c1N1[C]N(c2c(C(C)C)cccc2C(C)C)C([Si](Cl)(C2=C=CC=C2)C2=C=CC=C2)=C1. The van der Waals surface area contributed by atoms with E-state index in [4.69, 9.17) is 11.1 Å². The van der Waals surface area contributed by atoms with E-state index in [1.807, 2.05) is 24.3 Å². The summed E-state index contributed by atoms with van der Waals surface area (Å²) in [5.41, 5.74) is 14.6. The maximum absolute atomic E-state index is 8.04. The molecule has 2 radical (unpaired) electrons. The lowest BCUT2D eigenvalue weighted by Crippen LogP contribution is -2.42. The number of halogens is 1. The first-order valence-corrected chi connectivity index (χ1v) is 17.9. The summed E-state index contributed by atoms with van der Waals surface area (Å²) < 4.78 is 0.